The van der Waals surface area contributed by atoms with Crippen molar-refractivity contribution in [3.63, 3.8) is 0 Å². The molecule has 1 aliphatic rings. The van der Waals surface area contributed by atoms with Crippen LogP contribution >= 0.6 is 0 Å². The molecule has 0 radical (unpaired) electrons. The highest BCUT2D eigenvalue weighted by molar-refractivity contribution is 5.94. The average Bonchev–Trinajstić information content (AvgIpc) is 3.30. The van der Waals surface area contributed by atoms with Crippen molar-refractivity contribution in [2.75, 3.05) is 12.4 Å². The summed E-state index contributed by atoms with van der Waals surface area (Å²) in [6.07, 6.45) is 8.24. The molecule has 1 aromatic carbocycles. The SMILES string of the molecule is CN[C@@H]1CCC[C@H](Nc2nc(-c3c[nH]c4c(F)cc(F)cc34)ncc2F)C1.O=Cc1cc(=O)[nH]cn1. The lowest BCUT2D eigenvalue weighted by molar-refractivity contribution is 0.111. The summed E-state index contributed by atoms with van der Waals surface area (Å²) in [6, 6.07) is 3.64. The maximum atomic E-state index is 14.3. The molecule has 1 saturated carbocycles. The Hall–Kier alpha value is -4.06. The van der Waals surface area contributed by atoms with Crippen molar-refractivity contribution in [3.8, 4) is 11.4 Å². The van der Waals surface area contributed by atoms with Crippen molar-refractivity contribution in [2.24, 2.45) is 0 Å². The number of benzene rings is 1. The highest BCUT2D eigenvalue weighted by Crippen LogP contribution is 2.30. The Morgan fingerprint density at radius 3 is 2.58 bits per heavy atom. The van der Waals surface area contributed by atoms with E-state index in [2.05, 4.69) is 35.6 Å². The Balaban J connectivity index is 0.000000286. The number of halogens is 3. The molecule has 0 unspecified atom stereocenters. The third-order valence-corrected chi connectivity index (χ3v) is 5.93. The second-order valence-corrected chi connectivity index (χ2v) is 8.35. The van der Waals surface area contributed by atoms with Gasteiger partial charge in [0.15, 0.2) is 23.7 Å². The van der Waals surface area contributed by atoms with Gasteiger partial charge in [-0.25, -0.2) is 28.1 Å². The maximum Gasteiger partial charge on any atom is 0.251 e. The molecule has 0 amide bonds. The molecule has 188 valence electrons. The topological polar surface area (TPSA) is 128 Å². The van der Waals surface area contributed by atoms with Crippen molar-refractivity contribution in [3.05, 3.63) is 70.4 Å². The summed E-state index contributed by atoms with van der Waals surface area (Å²) in [5.41, 5.74) is 0.423. The molecular formula is C24H24F3N7O2. The van der Waals surface area contributed by atoms with Gasteiger partial charge in [-0.05, 0) is 38.8 Å². The smallest absolute Gasteiger partial charge is 0.251 e. The lowest BCUT2D eigenvalue weighted by Crippen LogP contribution is -2.37. The standard InChI is InChI=1S/C19H20F3N5.C5H4N2O2/c1-23-11-3-2-4-12(7-11)26-19-16(22)9-25-18(27-19)14-8-24-17-13(14)5-10(20)6-15(17)21;8-2-4-1-5(9)7-3-6-4/h5-6,8-9,11-12,23-24H,2-4,7H2,1H3,(H,25,26,27);1-3H,(H,6,7,9)/t11-,12+;/m1./s1. The van der Waals surface area contributed by atoms with Crippen molar-refractivity contribution < 1.29 is 18.0 Å². The predicted molar refractivity (Wildman–Crippen MR) is 128 cm³/mol. The van der Waals surface area contributed by atoms with Crippen LogP contribution in [0, 0.1) is 17.5 Å². The van der Waals surface area contributed by atoms with E-state index in [4.69, 9.17) is 0 Å². The third-order valence-electron chi connectivity index (χ3n) is 5.93. The van der Waals surface area contributed by atoms with Crippen LogP contribution in [0.25, 0.3) is 22.3 Å². The summed E-state index contributed by atoms with van der Waals surface area (Å²) >= 11 is 0. The van der Waals surface area contributed by atoms with Crippen LogP contribution in [-0.2, 0) is 0 Å². The Morgan fingerprint density at radius 2 is 1.86 bits per heavy atom. The van der Waals surface area contributed by atoms with E-state index in [1.54, 1.807) is 0 Å². The number of nitrogens with one attached hydrogen (secondary N) is 4. The molecule has 1 fully saturated rings. The summed E-state index contributed by atoms with van der Waals surface area (Å²) in [7, 11) is 1.92. The van der Waals surface area contributed by atoms with Crippen LogP contribution in [-0.4, -0.2) is 50.3 Å². The van der Waals surface area contributed by atoms with Gasteiger partial charge in [0.25, 0.3) is 5.56 Å². The molecule has 4 aromatic rings. The zero-order valence-electron chi connectivity index (χ0n) is 19.3. The van der Waals surface area contributed by atoms with E-state index >= 15 is 0 Å². The molecule has 2 atom stereocenters. The summed E-state index contributed by atoms with van der Waals surface area (Å²) in [5, 5.41) is 6.74. The van der Waals surface area contributed by atoms with Gasteiger partial charge in [-0.1, -0.05) is 0 Å². The average molecular weight is 499 g/mol. The molecule has 9 nitrogen and oxygen atoms in total. The predicted octanol–water partition coefficient (Wildman–Crippen LogP) is 3.57. The number of aldehydes is 1. The van der Waals surface area contributed by atoms with Crippen molar-refractivity contribution in [2.45, 2.75) is 37.8 Å². The van der Waals surface area contributed by atoms with E-state index in [1.807, 2.05) is 7.05 Å². The van der Waals surface area contributed by atoms with E-state index in [-0.39, 0.29) is 34.5 Å². The van der Waals surface area contributed by atoms with Gasteiger partial charge in [-0.3, -0.25) is 9.59 Å². The minimum atomic E-state index is -0.697. The minimum Gasteiger partial charge on any atom is -0.365 e. The van der Waals surface area contributed by atoms with Crippen molar-refractivity contribution in [1.29, 1.82) is 0 Å². The number of hydrogen-bond acceptors (Lipinski definition) is 7. The highest BCUT2D eigenvalue weighted by atomic mass is 19.1. The molecular weight excluding hydrogens is 475 g/mol. The fourth-order valence-electron chi connectivity index (χ4n) is 4.16. The van der Waals surface area contributed by atoms with Gasteiger partial charge < -0.3 is 20.6 Å². The van der Waals surface area contributed by atoms with Gasteiger partial charge in [0.1, 0.15) is 17.3 Å². The monoisotopic (exact) mass is 499 g/mol. The number of fused-ring (bicyclic) bond motifs is 1. The number of carbonyl (C=O) groups excluding carboxylic acids is 1. The Labute approximate surface area is 203 Å². The molecule has 0 aliphatic heterocycles. The number of H-pyrrole nitrogens is 2. The van der Waals surface area contributed by atoms with E-state index < -0.39 is 17.5 Å². The van der Waals surface area contributed by atoms with Crippen molar-refractivity contribution >= 4 is 23.0 Å². The van der Waals surface area contributed by atoms with E-state index in [0.717, 1.165) is 44.0 Å². The Morgan fingerprint density at radius 1 is 1.06 bits per heavy atom. The molecule has 0 saturated heterocycles. The Kier molecular flexibility index (Phi) is 7.74. The number of hydrogen-bond donors (Lipinski definition) is 4. The fraction of sp³-hybridized carbons (Fsp3) is 0.292. The minimum absolute atomic E-state index is 0.103. The summed E-state index contributed by atoms with van der Waals surface area (Å²) in [4.78, 5) is 37.2. The van der Waals surface area contributed by atoms with Crippen LogP contribution in [0.2, 0.25) is 0 Å². The van der Waals surface area contributed by atoms with Crippen LogP contribution in [0.5, 0.6) is 0 Å². The van der Waals surface area contributed by atoms with Gasteiger partial charge in [-0.2, -0.15) is 0 Å². The van der Waals surface area contributed by atoms with Crippen molar-refractivity contribution in [1.82, 2.24) is 30.2 Å². The number of anilines is 1. The second kappa shape index (κ2) is 11.1. The molecule has 0 spiro atoms. The number of rotatable bonds is 5. The number of aromatic nitrogens is 5. The third kappa shape index (κ3) is 5.77. The first-order chi connectivity index (χ1) is 17.4. The number of carbonyl (C=O) groups is 1. The van der Waals surface area contributed by atoms with Gasteiger partial charge >= 0.3 is 0 Å². The van der Waals surface area contributed by atoms with Gasteiger partial charge in [-0.15, -0.1) is 0 Å². The quantitative estimate of drug-likeness (QED) is 0.309. The zero-order valence-corrected chi connectivity index (χ0v) is 19.3. The number of aromatic amines is 2. The van der Waals surface area contributed by atoms with Crippen LogP contribution in [0.3, 0.4) is 0 Å². The molecule has 1 aliphatic carbocycles. The zero-order chi connectivity index (χ0) is 25.7. The van der Waals surface area contributed by atoms with E-state index in [1.165, 1.54) is 18.6 Å². The molecule has 3 heterocycles. The normalized spacial score (nSPS) is 17.3. The van der Waals surface area contributed by atoms with Crippen LogP contribution in [0.1, 0.15) is 36.2 Å². The fourth-order valence-corrected chi connectivity index (χ4v) is 4.16. The van der Waals surface area contributed by atoms with Gasteiger partial charge in [0, 0.05) is 41.4 Å². The number of nitrogens with zero attached hydrogens (tertiary/aromatic N) is 3. The lowest BCUT2D eigenvalue weighted by Gasteiger charge is -2.29. The van der Waals surface area contributed by atoms with E-state index in [0.29, 0.717) is 23.3 Å². The van der Waals surface area contributed by atoms with Crippen LogP contribution in [0.15, 0.2) is 41.7 Å². The lowest BCUT2D eigenvalue weighted by atomic mass is 9.91. The van der Waals surface area contributed by atoms with Gasteiger partial charge in [0.05, 0.1) is 18.0 Å². The van der Waals surface area contributed by atoms with Gasteiger partial charge in [0.2, 0.25) is 0 Å². The second-order valence-electron chi connectivity index (χ2n) is 8.35. The summed E-state index contributed by atoms with van der Waals surface area (Å²) < 4.78 is 41.8. The molecule has 5 rings (SSSR count). The van der Waals surface area contributed by atoms with E-state index in [9.17, 15) is 22.8 Å². The highest BCUT2D eigenvalue weighted by Gasteiger charge is 2.23. The molecule has 36 heavy (non-hydrogen) atoms. The summed E-state index contributed by atoms with van der Waals surface area (Å²) in [5.74, 6) is -1.63. The largest absolute Gasteiger partial charge is 0.365 e. The molecule has 3 aromatic heterocycles. The molecule has 4 N–H and O–H groups in total. The first-order valence-corrected chi connectivity index (χ1v) is 11.3. The first kappa shape index (κ1) is 25.0. The molecule has 0 bridgehead atoms. The van der Waals surface area contributed by atoms with Crippen LogP contribution in [0.4, 0.5) is 19.0 Å². The maximum absolute atomic E-state index is 14.3. The van der Waals surface area contributed by atoms with Crippen LogP contribution < -0.4 is 16.2 Å². The Bertz CT molecular complexity index is 1420. The first-order valence-electron chi connectivity index (χ1n) is 11.3. The summed E-state index contributed by atoms with van der Waals surface area (Å²) in [6.45, 7) is 0. The molecule has 12 heteroatoms.